The van der Waals surface area contributed by atoms with Gasteiger partial charge in [-0.15, -0.1) is 0 Å². The van der Waals surface area contributed by atoms with E-state index in [1.807, 2.05) is 27.7 Å². The van der Waals surface area contributed by atoms with Crippen LogP contribution in [-0.4, -0.2) is 25.9 Å². The standard InChI is InChI=1S/C11H22N2O2.H2S/c1-10(2,8(14)12-5)7-11(3,4)9(15)13-6;/h7H2,1-6H3,(H,12,14)(H,13,15);1H2. The van der Waals surface area contributed by atoms with Crippen molar-refractivity contribution in [3.63, 3.8) is 0 Å². The molecule has 16 heavy (non-hydrogen) atoms. The van der Waals surface area contributed by atoms with E-state index in [0.717, 1.165) is 0 Å². The molecular weight excluding hydrogens is 224 g/mol. The van der Waals surface area contributed by atoms with E-state index in [1.165, 1.54) is 0 Å². The Kier molecular flexibility index (Phi) is 6.77. The van der Waals surface area contributed by atoms with E-state index in [9.17, 15) is 9.59 Å². The number of nitrogens with one attached hydrogen (secondary N) is 2. The van der Waals surface area contributed by atoms with E-state index in [-0.39, 0.29) is 25.3 Å². The minimum absolute atomic E-state index is 0. The van der Waals surface area contributed by atoms with E-state index in [4.69, 9.17) is 0 Å². The fourth-order valence-electron chi connectivity index (χ4n) is 1.94. The quantitative estimate of drug-likeness (QED) is 0.781. The minimum atomic E-state index is -0.537. The van der Waals surface area contributed by atoms with Gasteiger partial charge in [0.2, 0.25) is 11.8 Å². The first-order valence-corrected chi connectivity index (χ1v) is 5.12. The Labute approximate surface area is 105 Å². The van der Waals surface area contributed by atoms with Gasteiger partial charge in [0.25, 0.3) is 0 Å². The Bertz CT molecular complexity index is 237. The monoisotopic (exact) mass is 248 g/mol. The van der Waals surface area contributed by atoms with Gasteiger partial charge in [-0.2, -0.15) is 13.5 Å². The summed E-state index contributed by atoms with van der Waals surface area (Å²) in [5.41, 5.74) is -1.07. The summed E-state index contributed by atoms with van der Waals surface area (Å²) in [6, 6.07) is 0. The molecule has 0 aliphatic rings. The second-order valence-corrected chi connectivity index (χ2v) is 5.10. The summed E-state index contributed by atoms with van der Waals surface area (Å²) in [4.78, 5) is 23.2. The predicted octanol–water partition coefficient (Wildman–Crippen LogP) is 1.03. The van der Waals surface area contributed by atoms with Crippen molar-refractivity contribution in [2.24, 2.45) is 10.8 Å². The van der Waals surface area contributed by atoms with Crippen molar-refractivity contribution in [1.29, 1.82) is 0 Å². The van der Waals surface area contributed by atoms with Crippen LogP contribution in [0.1, 0.15) is 34.1 Å². The Morgan fingerprint density at radius 1 is 0.875 bits per heavy atom. The zero-order valence-corrected chi connectivity index (χ0v) is 12.0. The van der Waals surface area contributed by atoms with Crippen LogP contribution < -0.4 is 10.6 Å². The molecule has 0 aliphatic heterocycles. The Balaban J connectivity index is 0. The largest absolute Gasteiger partial charge is 0.359 e. The first-order chi connectivity index (χ1) is 6.67. The maximum atomic E-state index is 11.6. The molecule has 0 aromatic carbocycles. The zero-order chi connectivity index (χ0) is 12.3. The summed E-state index contributed by atoms with van der Waals surface area (Å²) >= 11 is 0. The van der Waals surface area contributed by atoms with E-state index in [1.54, 1.807) is 14.1 Å². The summed E-state index contributed by atoms with van der Waals surface area (Å²) in [7, 11) is 3.22. The van der Waals surface area contributed by atoms with E-state index >= 15 is 0 Å². The highest BCUT2D eigenvalue weighted by Crippen LogP contribution is 2.33. The highest BCUT2D eigenvalue weighted by atomic mass is 32.1. The fourth-order valence-corrected chi connectivity index (χ4v) is 1.94. The Morgan fingerprint density at radius 2 is 1.12 bits per heavy atom. The summed E-state index contributed by atoms with van der Waals surface area (Å²) in [5.74, 6) is -0.0843. The first-order valence-electron chi connectivity index (χ1n) is 5.12. The number of hydrogen-bond donors (Lipinski definition) is 2. The predicted molar refractivity (Wildman–Crippen MR) is 70.7 cm³/mol. The average Bonchev–Trinajstić information content (AvgIpc) is 2.13. The maximum Gasteiger partial charge on any atom is 0.225 e. The van der Waals surface area contributed by atoms with E-state index in [2.05, 4.69) is 10.6 Å². The van der Waals surface area contributed by atoms with Gasteiger partial charge in [0.15, 0.2) is 0 Å². The van der Waals surface area contributed by atoms with Crippen LogP contribution in [0.2, 0.25) is 0 Å². The first kappa shape index (κ1) is 17.7. The number of rotatable bonds is 4. The van der Waals surface area contributed by atoms with Gasteiger partial charge in [0, 0.05) is 24.9 Å². The Morgan fingerprint density at radius 3 is 1.31 bits per heavy atom. The molecule has 0 unspecified atom stereocenters. The molecule has 0 aliphatic carbocycles. The highest BCUT2D eigenvalue weighted by Gasteiger charge is 2.37. The lowest BCUT2D eigenvalue weighted by molar-refractivity contribution is -0.135. The molecule has 0 bridgehead atoms. The summed E-state index contributed by atoms with van der Waals surface area (Å²) in [6.45, 7) is 7.38. The van der Waals surface area contributed by atoms with Gasteiger partial charge in [-0.3, -0.25) is 9.59 Å². The molecule has 96 valence electrons. The molecule has 0 heterocycles. The van der Waals surface area contributed by atoms with Crippen LogP contribution >= 0.6 is 13.5 Å². The van der Waals surface area contributed by atoms with Gasteiger partial charge in [-0.1, -0.05) is 27.7 Å². The molecule has 0 fully saturated rings. The lowest BCUT2D eigenvalue weighted by Crippen LogP contribution is -2.43. The van der Waals surface area contributed by atoms with Gasteiger partial charge in [-0.05, 0) is 6.42 Å². The second kappa shape index (κ2) is 6.13. The zero-order valence-electron chi connectivity index (χ0n) is 11.0. The molecule has 0 atom stereocenters. The highest BCUT2D eigenvalue weighted by molar-refractivity contribution is 7.59. The summed E-state index contributed by atoms with van der Waals surface area (Å²) < 4.78 is 0. The summed E-state index contributed by atoms with van der Waals surface area (Å²) in [6.07, 6.45) is 0.513. The Hall–Kier alpha value is -0.710. The van der Waals surface area contributed by atoms with Gasteiger partial charge in [-0.25, -0.2) is 0 Å². The van der Waals surface area contributed by atoms with Crippen LogP contribution in [0.4, 0.5) is 0 Å². The minimum Gasteiger partial charge on any atom is -0.359 e. The molecular formula is C11H24N2O2S. The molecule has 0 rings (SSSR count). The molecule has 0 aromatic heterocycles. The SMILES string of the molecule is CNC(=O)C(C)(C)CC(C)(C)C(=O)NC.S. The van der Waals surface area contributed by atoms with Crippen LogP contribution in [0, 0.1) is 10.8 Å². The van der Waals surface area contributed by atoms with Crippen molar-refractivity contribution in [2.45, 2.75) is 34.1 Å². The smallest absolute Gasteiger partial charge is 0.225 e. The molecule has 0 saturated heterocycles. The molecule has 0 saturated carbocycles. The lowest BCUT2D eigenvalue weighted by atomic mass is 9.74. The van der Waals surface area contributed by atoms with Gasteiger partial charge < -0.3 is 10.6 Å². The number of hydrogen-bond acceptors (Lipinski definition) is 2. The molecule has 5 heteroatoms. The lowest BCUT2D eigenvalue weighted by Gasteiger charge is -2.32. The third-order valence-corrected chi connectivity index (χ3v) is 2.57. The van der Waals surface area contributed by atoms with Crippen LogP contribution in [-0.2, 0) is 9.59 Å². The van der Waals surface area contributed by atoms with Gasteiger partial charge in [0.05, 0.1) is 0 Å². The average molecular weight is 248 g/mol. The number of carbonyl (C=O) groups is 2. The van der Waals surface area contributed by atoms with Crippen molar-refractivity contribution in [3.05, 3.63) is 0 Å². The van der Waals surface area contributed by atoms with Crippen molar-refractivity contribution >= 4 is 25.3 Å². The summed E-state index contributed by atoms with van der Waals surface area (Å²) in [5, 5.41) is 5.23. The number of amides is 2. The maximum absolute atomic E-state index is 11.6. The molecule has 0 spiro atoms. The van der Waals surface area contributed by atoms with Crippen molar-refractivity contribution in [1.82, 2.24) is 10.6 Å². The molecule has 0 radical (unpaired) electrons. The third-order valence-electron chi connectivity index (χ3n) is 2.57. The van der Waals surface area contributed by atoms with Crippen LogP contribution in [0.3, 0.4) is 0 Å². The van der Waals surface area contributed by atoms with Gasteiger partial charge in [0.1, 0.15) is 0 Å². The van der Waals surface area contributed by atoms with Crippen LogP contribution in [0.5, 0.6) is 0 Å². The van der Waals surface area contributed by atoms with E-state index < -0.39 is 10.8 Å². The normalized spacial score (nSPS) is 11.4. The molecule has 2 N–H and O–H groups in total. The van der Waals surface area contributed by atoms with E-state index in [0.29, 0.717) is 6.42 Å². The molecule has 0 aromatic rings. The molecule has 4 nitrogen and oxygen atoms in total. The van der Waals surface area contributed by atoms with Crippen molar-refractivity contribution in [3.8, 4) is 0 Å². The fraction of sp³-hybridized carbons (Fsp3) is 0.818. The third kappa shape index (κ3) is 4.43. The van der Waals surface area contributed by atoms with Gasteiger partial charge >= 0.3 is 0 Å². The van der Waals surface area contributed by atoms with Crippen molar-refractivity contribution < 1.29 is 9.59 Å². The number of carbonyl (C=O) groups excluding carboxylic acids is 2. The van der Waals surface area contributed by atoms with Crippen molar-refractivity contribution in [2.75, 3.05) is 14.1 Å². The molecule has 2 amide bonds. The van der Waals surface area contributed by atoms with Crippen LogP contribution in [0.25, 0.3) is 0 Å². The topological polar surface area (TPSA) is 58.2 Å². The second-order valence-electron chi connectivity index (χ2n) is 5.10. The van der Waals surface area contributed by atoms with Crippen LogP contribution in [0.15, 0.2) is 0 Å².